The summed E-state index contributed by atoms with van der Waals surface area (Å²) in [5.41, 5.74) is 0.348. The van der Waals surface area contributed by atoms with Crippen molar-refractivity contribution in [3.05, 3.63) is 35.9 Å². The summed E-state index contributed by atoms with van der Waals surface area (Å²) < 4.78 is 39.5. The van der Waals surface area contributed by atoms with Crippen LogP contribution < -0.4 is 10.6 Å². The molecular weight excluding hydrogens is 285 g/mol. The van der Waals surface area contributed by atoms with Gasteiger partial charge < -0.3 is 10.6 Å². The smallest absolute Gasteiger partial charge is 0.317 e. The Bertz CT molecular complexity index is 471. The second-order valence-electron chi connectivity index (χ2n) is 5.39. The van der Waals surface area contributed by atoms with Gasteiger partial charge in [-0.1, -0.05) is 30.3 Å². The lowest BCUT2D eigenvalue weighted by Gasteiger charge is -2.36. The molecule has 2 aliphatic rings. The molecule has 0 aromatic heterocycles. The van der Waals surface area contributed by atoms with Crippen LogP contribution in [-0.4, -0.2) is 30.7 Å². The Balaban J connectivity index is 1.98. The van der Waals surface area contributed by atoms with Crippen molar-refractivity contribution in [1.29, 1.82) is 0 Å². The fraction of sp³-hybridized carbons (Fsp3) is 0.571. The summed E-state index contributed by atoms with van der Waals surface area (Å²) in [6, 6.07) is 8.28. The van der Waals surface area contributed by atoms with E-state index in [1.807, 2.05) is 0 Å². The molecular formula is C14H17F3N2S. The minimum atomic E-state index is -4.26. The number of piperidine rings is 1. The highest BCUT2D eigenvalue weighted by molar-refractivity contribution is 8.01. The van der Waals surface area contributed by atoms with Gasteiger partial charge in [-0.3, -0.25) is 0 Å². The van der Waals surface area contributed by atoms with Gasteiger partial charge in [0.2, 0.25) is 0 Å². The Labute approximate surface area is 120 Å². The van der Waals surface area contributed by atoms with Crippen molar-refractivity contribution >= 4 is 11.8 Å². The van der Waals surface area contributed by atoms with E-state index in [-0.39, 0.29) is 6.54 Å². The quantitative estimate of drug-likeness (QED) is 0.834. The lowest BCUT2D eigenvalue weighted by Crippen LogP contribution is -2.46. The Morgan fingerprint density at radius 2 is 1.70 bits per heavy atom. The van der Waals surface area contributed by atoms with Crippen LogP contribution in [0.2, 0.25) is 0 Å². The van der Waals surface area contributed by atoms with Crippen LogP contribution in [0.5, 0.6) is 0 Å². The number of hydrogen-bond acceptors (Lipinski definition) is 3. The van der Waals surface area contributed by atoms with Crippen LogP contribution in [0.3, 0.4) is 0 Å². The molecule has 6 heteroatoms. The molecule has 0 amide bonds. The van der Waals surface area contributed by atoms with Gasteiger partial charge in [0.15, 0.2) is 4.75 Å². The van der Waals surface area contributed by atoms with Gasteiger partial charge in [-0.2, -0.15) is 13.2 Å². The minimum Gasteiger partial charge on any atom is -0.317 e. The van der Waals surface area contributed by atoms with E-state index in [1.165, 1.54) is 0 Å². The molecule has 1 spiro atoms. The molecule has 2 fully saturated rings. The van der Waals surface area contributed by atoms with Crippen molar-refractivity contribution < 1.29 is 13.2 Å². The molecule has 0 radical (unpaired) electrons. The van der Waals surface area contributed by atoms with Gasteiger partial charge in [-0.15, -0.1) is 11.8 Å². The maximum absolute atomic E-state index is 13.8. The van der Waals surface area contributed by atoms with Crippen LogP contribution in [0.15, 0.2) is 30.3 Å². The molecule has 1 aromatic rings. The first-order valence-corrected chi connectivity index (χ1v) is 7.57. The van der Waals surface area contributed by atoms with Crippen LogP contribution in [-0.2, 0) is 4.75 Å². The number of hydrogen-bond donors (Lipinski definition) is 2. The third-order valence-electron chi connectivity index (χ3n) is 4.14. The van der Waals surface area contributed by atoms with Crippen molar-refractivity contribution in [3.8, 4) is 0 Å². The zero-order valence-electron chi connectivity index (χ0n) is 11.0. The fourth-order valence-corrected chi connectivity index (χ4v) is 4.72. The predicted molar refractivity (Wildman–Crippen MR) is 74.6 cm³/mol. The van der Waals surface area contributed by atoms with Gasteiger partial charge >= 0.3 is 6.18 Å². The van der Waals surface area contributed by atoms with Gasteiger partial charge in [0, 0.05) is 6.54 Å². The van der Waals surface area contributed by atoms with Crippen LogP contribution in [0.4, 0.5) is 13.2 Å². The van der Waals surface area contributed by atoms with Gasteiger partial charge in [0.05, 0.1) is 4.87 Å². The molecule has 2 N–H and O–H groups in total. The zero-order chi connectivity index (χ0) is 14.3. The molecule has 2 aliphatic heterocycles. The molecule has 20 heavy (non-hydrogen) atoms. The van der Waals surface area contributed by atoms with Crippen molar-refractivity contribution in [3.63, 3.8) is 0 Å². The Morgan fingerprint density at radius 3 is 2.30 bits per heavy atom. The van der Waals surface area contributed by atoms with E-state index < -0.39 is 15.8 Å². The molecule has 110 valence electrons. The fourth-order valence-electron chi connectivity index (χ4n) is 2.99. The SMILES string of the molecule is FC(F)(F)C1(c2ccccc2)CNC2(CCNCC2)S1. The van der Waals surface area contributed by atoms with Gasteiger partial charge in [-0.05, 0) is 31.5 Å². The second kappa shape index (κ2) is 4.93. The van der Waals surface area contributed by atoms with Crippen molar-refractivity contribution in [2.24, 2.45) is 0 Å². The van der Waals surface area contributed by atoms with Crippen LogP contribution in [0.1, 0.15) is 18.4 Å². The van der Waals surface area contributed by atoms with E-state index in [4.69, 9.17) is 0 Å². The topological polar surface area (TPSA) is 24.1 Å². The van der Waals surface area contributed by atoms with E-state index in [1.54, 1.807) is 30.3 Å². The van der Waals surface area contributed by atoms with E-state index in [0.717, 1.165) is 37.7 Å². The van der Waals surface area contributed by atoms with Crippen LogP contribution in [0.25, 0.3) is 0 Å². The first-order chi connectivity index (χ1) is 9.48. The average Bonchev–Trinajstić information content (AvgIpc) is 2.81. The lowest BCUT2D eigenvalue weighted by atomic mass is 9.96. The standard InChI is InChI=1S/C14H17F3N2S/c15-14(16,17)13(11-4-2-1-3-5-11)10-19-12(20-13)6-8-18-9-7-12/h1-5,18-19H,6-10H2. The van der Waals surface area contributed by atoms with Crippen molar-refractivity contribution in [1.82, 2.24) is 10.6 Å². The number of rotatable bonds is 1. The molecule has 1 unspecified atom stereocenters. The zero-order valence-corrected chi connectivity index (χ0v) is 11.8. The summed E-state index contributed by atoms with van der Waals surface area (Å²) in [5, 5.41) is 6.38. The lowest BCUT2D eigenvalue weighted by molar-refractivity contribution is -0.159. The number of halogens is 3. The molecule has 2 nitrogen and oxygen atoms in total. The first-order valence-electron chi connectivity index (χ1n) is 6.76. The maximum atomic E-state index is 13.8. The van der Waals surface area contributed by atoms with E-state index in [2.05, 4.69) is 10.6 Å². The summed E-state index contributed by atoms with van der Waals surface area (Å²) in [4.78, 5) is -0.448. The summed E-state index contributed by atoms with van der Waals surface area (Å²) in [5.74, 6) is 0. The minimum absolute atomic E-state index is 0.0504. The Kier molecular flexibility index (Phi) is 3.51. The Hall–Kier alpha value is -0.720. The maximum Gasteiger partial charge on any atom is 0.408 e. The third kappa shape index (κ3) is 2.23. The molecule has 3 rings (SSSR count). The number of alkyl halides is 3. The van der Waals surface area contributed by atoms with Gasteiger partial charge in [-0.25, -0.2) is 0 Å². The summed E-state index contributed by atoms with van der Waals surface area (Å²) in [7, 11) is 0. The van der Waals surface area contributed by atoms with E-state index in [0.29, 0.717) is 5.56 Å². The molecule has 2 heterocycles. The van der Waals surface area contributed by atoms with Crippen LogP contribution in [0, 0.1) is 0 Å². The molecule has 0 saturated carbocycles. The average molecular weight is 302 g/mol. The normalized spacial score (nSPS) is 29.8. The van der Waals surface area contributed by atoms with Gasteiger partial charge in [0.25, 0.3) is 0 Å². The largest absolute Gasteiger partial charge is 0.408 e. The van der Waals surface area contributed by atoms with Crippen molar-refractivity contribution in [2.75, 3.05) is 19.6 Å². The number of thioether (sulfide) groups is 1. The predicted octanol–water partition coefficient (Wildman–Crippen LogP) is 2.86. The molecule has 0 aliphatic carbocycles. The Morgan fingerprint density at radius 1 is 1.05 bits per heavy atom. The number of benzene rings is 1. The monoisotopic (exact) mass is 302 g/mol. The summed E-state index contributed by atoms with van der Waals surface area (Å²) >= 11 is 1.07. The number of nitrogens with one attached hydrogen (secondary N) is 2. The molecule has 1 atom stereocenters. The molecule has 1 aromatic carbocycles. The van der Waals surface area contributed by atoms with E-state index in [9.17, 15) is 13.2 Å². The second-order valence-corrected chi connectivity index (χ2v) is 7.07. The summed E-state index contributed by atoms with van der Waals surface area (Å²) in [6.07, 6.45) is -2.81. The first kappa shape index (κ1) is 14.2. The summed E-state index contributed by atoms with van der Waals surface area (Å²) in [6.45, 7) is 1.48. The third-order valence-corrected chi connectivity index (χ3v) is 6.04. The molecule has 0 bridgehead atoms. The highest BCUT2D eigenvalue weighted by atomic mass is 32.2. The highest BCUT2D eigenvalue weighted by Crippen LogP contribution is 2.58. The highest BCUT2D eigenvalue weighted by Gasteiger charge is 2.63. The van der Waals surface area contributed by atoms with Crippen molar-refractivity contribution in [2.45, 2.75) is 28.6 Å². The van der Waals surface area contributed by atoms with Gasteiger partial charge in [0.1, 0.15) is 0 Å². The molecule has 2 saturated heterocycles. The van der Waals surface area contributed by atoms with E-state index >= 15 is 0 Å². The van der Waals surface area contributed by atoms with Crippen LogP contribution >= 0.6 is 11.8 Å².